The van der Waals surface area contributed by atoms with E-state index in [1.54, 1.807) is 0 Å². The highest BCUT2D eigenvalue weighted by Crippen LogP contribution is 2.37. The van der Waals surface area contributed by atoms with Gasteiger partial charge in [0.1, 0.15) is 5.82 Å². The van der Waals surface area contributed by atoms with E-state index >= 15 is 0 Å². The lowest BCUT2D eigenvalue weighted by Gasteiger charge is -2.32. The Bertz CT molecular complexity index is 486. The van der Waals surface area contributed by atoms with Crippen LogP contribution >= 0.6 is 0 Å². The van der Waals surface area contributed by atoms with Gasteiger partial charge in [-0.15, -0.1) is 0 Å². The topological polar surface area (TPSA) is 43.4 Å². The molecule has 0 spiro atoms. The van der Waals surface area contributed by atoms with E-state index in [9.17, 15) is 0 Å². The van der Waals surface area contributed by atoms with Gasteiger partial charge in [0.15, 0.2) is 0 Å². The molecular formula is C14H21BN2O2. The average Bonchev–Trinajstić information content (AvgIpc) is 2.58. The second-order valence-electron chi connectivity index (χ2n) is 6.35. The summed E-state index contributed by atoms with van der Waals surface area (Å²) in [6.07, 6.45) is 4.00. The molecule has 1 fully saturated rings. The highest BCUT2D eigenvalue weighted by atomic mass is 16.7. The molecule has 3 rings (SSSR count). The zero-order valence-corrected chi connectivity index (χ0v) is 12.1. The Morgan fingerprint density at radius 2 is 1.89 bits per heavy atom. The first-order valence-corrected chi connectivity index (χ1v) is 6.98. The third-order valence-corrected chi connectivity index (χ3v) is 4.50. The molecule has 0 atom stereocenters. The predicted molar refractivity (Wildman–Crippen MR) is 76.8 cm³/mol. The number of nitrogens with one attached hydrogen (secondary N) is 1. The molecule has 1 saturated heterocycles. The summed E-state index contributed by atoms with van der Waals surface area (Å²) in [5, 5.41) is 3.35. The van der Waals surface area contributed by atoms with Crippen LogP contribution in [0.4, 0.5) is 5.82 Å². The van der Waals surface area contributed by atoms with Crippen molar-refractivity contribution in [3.05, 3.63) is 17.8 Å². The van der Waals surface area contributed by atoms with E-state index in [0.717, 1.165) is 30.7 Å². The Kier molecular flexibility index (Phi) is 2.87. The van der Waals surface area contributed by atoms with E-state index in [0.29, 0.717) is 0 Å². The van der Waals surface area contributed by atoms with Gasteiger partial charge in [-0.1, -0.05) is 0 Å². The lowest BCUT2D eigenvalue weighted by atomic mass is 9.75. The number of hydrogen-bond donors (Lipinski definition) is 1. The zero-order chi connectivity index (χ0) is 13.7. The minimum Gasteiger partial charge on any atom is -0.399 e. The van der Waals surface area contributed by atoms with Gasteiger partial charge < -0.3 is 14.6 Å². The molecule has 0 aliphatic carbocycles. The maximum Gasteiger partial charge on any atom is 0.495 e. The number of rotatable bonds is 1. The molecule has 19 heavy (non-hydrogen) atoms. The molecule has 0 amide bonds. The molecule has 4 nitrogen and oxygen atoms in total. The van der Waals surface area contributed by atoms with Gasteiger partial charge in [0.25, 0.3) is 0 Å². The second kappa shape index (κ2) is 4.22. The van der Waals surface area contributed by atoms with Crippen LogP contribution in [0.15, 0.2) is 12.3 Å². The Morgan fingerprint density at radius 3 is 2.58 bits per heavy atom. The van der Waals surface area contributed by atoms with Crippen LogP contribution in [-0.4, -0.2) is 29.8 Å². The molecule has 2 aliphatic rings. The van der Waals surface area contributed by atoms with Crippen molar-refractivity contribution >= 4 is 18.4 Å². The lowest BCUT2D eigenvalue weighted by molar-refractivity contribution is 0.00578. The van der Waals surface area contributed by atoms with E-state index in [2.05, 4.69) is 38.0 Å². The van der Waals surface area contributed by atoms with Crippen LogP contribution in [0.25, 0.3) is 0 Å². The van der Waals surface area contributed by atoms with E-state index < -0.39 is 0 Å². The quantitative estimate of drug-likeness (QED) is 0.781. The standard InChI is InChI=1S/C14H21BN2O2/c1-13(2)14(3,4)19-15(18-13)11-7-9-17-12-10(11)6-5-8-16-12/h7,9H,5-6,8H2,1-4H3,(H,16,17). The molecule has 0 unspecified atom stereocenters. The van der Waals surface area contributed by atoms with Gasteiger partial charge in [-0.25, -0.2) is 4.98 Å². The Labute approximate surface area is 115 Å². The maximum absolute atomic E-state index is 6.14. The maximum atomic E-state index is 6.14. The number of hydrogen-bond acceptors (Lipinski definition) is 4. The summed E-state index contributed by atoms with van der Waals surface area (Å²) in [5.41, 5.74) is 1.77. The lowest BCUT2D eigenvalue weighted by Crippen LogP contribution is -2.41. The second-order valence-corrected chi connectivity index (χ2v) is 6.35. The van der Waals surface area contributed by atoms with Crippen LogP contribution < -0.4 is 10.8 Å². The van der Waals surface area contributed by atoms with Crippen molar-refractivity contribution < 1.29 is 9.31 Å². The molecule has 3 heterocycles. The van der Waals surface area contributed by atoms with Gasteiger partial charge in [-0.05, 0) is 57.6 Å². The minimum atomic E-state index is -0.296. The van der Waals surface area contributed by atoms with E-state index in [-0.39, 0.29) is 18.3 Å². The number of pyridine rings is 1. The molecular weight excluding hydrogens is 239 g/mol. The van der Waals surface area contributed by atoms with Gasteiger partial charge in [0.2, 0.25) is 0 Å². The van der Waals surface area contributed by atoms with Crippen molar-refractivity contribution in [3.63, 3.8) is 0 Å². The average molecular weight is 260 g/mol. The number of anilines is 1. The van der Waals surface area contributed by atoms with Crippen LogP contribution in [0, 0.1) is 0 Å². The number of fused-ring (bicyclic) bond motifs is 1. The Hall–Kier alpha value is -1.07. The summed E-state index contributed by atoms with van der Waals surface area (Å²) in [4.78, 5) is 4.40. The van der Waals surface area contributed by atoms with E-state index in [1.807, 2.05) is 12.3 Å². The third kappa shape index (κ3) is 2.05. The van der Waals surface area contributed by atoms with Gasteiger partial charge in [0, 0.05) is 12.7 Å². The van der Waals surface area contributed by atoms with Gasteiger partial charge in [0.05, 0.1) is 11.2 Å². The molecule has 1 aromatic rings. The monoisotopic (exact) mass is 260 g/mol. The van der Waals surface area contributed by atoms with E-state index in [1.165, 1.54) is 5.56 Å². The molecule has 2 aliphatic heterocycles. The molecule has 1 N–H and O–H groups in total. The van der Waals surface area contributed by atoms with Crippen molar-refractivity contribution in [2.45, 2.75) is 51.7 Å². The largest absolute Gasteiger partial charge is 0.495 e. The summed E-state index contributed by atoms with van der Waals surface area (Å²) >= 11 is 0. The molecule has 1 aromatic heterocycles. The van der Waals surface area contributed by atoms with Gasteiger partial charge in [-0.3, -0.25) is 0 Å². The SMILES string of the molecule is CC1(C)OB(c2ccnc3c2CCCN3)OC1(C)C. The summed E-state index contributed by atoms with van der Waals surface area (Å²) in [6.45, 7) is 9.32. The highest BCUT2D eigenvalue weighted by Gasteiger charge is 2.52. The van der Waals surface area contributed by atoms with Gasteiger partial charge in [-0.2, -0.15) is 0 Å². The smallest absolute Gasteiger partial charge is 0.399 e. The van der Waals surface area contributed by atoms with Crippen LogP contribution in [-0.2, 0) is 15.7 Å². The van der Waals surface area contributed by atoms with Crippen LogP contribution in [0.3, 0.4) is 0 Å². The highest BCUT2D eigenvalue weighted by molar-refractivity contribution is 6.62. The first-order valence-electron chi connectivity index (χ1n) is 6.98. The van der Waals surface area contributed by atoms with Crippen molar-refractivity contribution in [3.8, 4) is 0 Å². The first kappa shape index (κ1) is 12.9. The first-order chi connectivity index (χ1) is 8.91. The number of aromatic nitrogens is 1. The van der Waals surface area contributed by atoms with Crippen LogP contribution in [0.2, 0.25) is 0 Å². The minimum absolute atomic E-state index is 0.290. The van der Waals surface area contributed by atoms with Crippen molar-refractivity contribution in [1.29, 1.82) is 0 Å². The summed E-state index contributed by atoms with van der Waals surface area (Å²) in [6, 6.07) is 2.02. The van der Waals surface area contributed by atoms with Crippen molar-refractivity contribution in [2.24, 2.45) is 0 Å². The van der Waals surface area contributed by atoms with Crippen LogP contribution in [0.1, 0.15) is 39.7 Å². The third-order valence-electron chi connectivity index (χ3n) is 4.50. The summed E-state index contributed by atoms with van der Waals surface area (Å²) in [5.74, 6) is 0.985. The number of nitrogens with zero attached hydrogens (tertiary/aromatic N) is 1. The van der Waals surface area contributed by atoms with Crippen LogP contribution in [0.5, 0.6) is 0 Å². The van der Waals surface area contributed by atoms with Crippen molar-refractivity contribution in [2.75, 3.05) is 11.9 Å². The van der Waals surface area contributed by atoms with E-state index in [4.69, 9.17) is 9.31 Å². The molecule has 0 aromatic carbocycles. The Morgan fingerprint density at radius 1 is 1.21 bits per heavy atom. The fraction of sp³-hybridized carbons (Fsp3) is 0.643. The summed E-state index contributed by atoms with van der Waals surface area (Å²) in [7, 11) is -0.290. The molecule has 0 radical (unpaired) electrons. The normalized spacial score (nSPS) is 23.9. The zero-order valence-electron chi connectivity index (χ0n) is 12.1. The molecule has 102 valence electrons. The fourth-order valence-electron chi connectivity index (χ4n) is 2.59. The molecule has 0 bridgehead atoms. The molecule has 0 saturated carbocycles. The Balaban J connectivity index is 1.96. The van der Waals surface area contributed by atoms with Crippen molar-refractivity contribution in [1.82, 2.24) is 4.98 Å². The van der Waals surface area contributed by atoms with Gasteiger partial charge >= 0.3 is 7.12 Å². The predicted octanol–water partition coefficient (Wildman–Crippen LogP) is 1.74. The summed E-state index contributed by atoms with van der Waals surface area (Å²) < 4.78 is 12.3. The molecule has 5 heteroatoms. The fourth-order valence-corrected chi connectivity index (χ4v) is 2.59.